The number of fused-ring (bicyclic) bond motifs is 5. The summed E-state index contributed by atoms with van der Waals surface area (Å²) in [7, 11) is 0. The highest BCUT2D eigenvalue weighted by molar-refractivity contribution is 6.22. The summed E-state index contributed by atoms with van der Waals surface area (Å²) in [6.45, 7) is 0. The summed E-state index contributed by atoms with van der Waals surface area (Å²) in [5.74, 6) is 1.46. The summed E-state index contributed by atoms with van der Waals surface area (Å²) in [5, 5.41) is 0. The molecule has 0 spiro atoms. The first kappa shape index (κ1) is 14.5. The Hall–Kier alpha value is -2.88. The van der Waals surface area contributed by atoms with E-state index in [0.717, 1.165) is 12.2 Å². The van der Waals surface area contributed by atoms with E-state index >= 15 is 0 Å². The van der Waals surface area contributed by atoms with Crippen molar-refractivity contribution < 1.29 is 14.3 Å². The Bertz CT molecular complexity index is 842. The van der Waals surface area contributed by atoms with Crippen molar-refractivity contribution in [2.75, 3.05) is 4.90 Å². The summed E-state index contributed by atoms with van der Waals surface area (Å²) in [6.07, 6.45) is 5.17. The van der Waals surface area contributed by atoms with Crippen LogP contribution in [0.2, 0.25) is 0 Å². The largest absolute Gasteiger partial charge is 0.457 e. The predicted octanol–water partition coefficient (Wildman–Crippen LogP) is 3.79. The number of anilines is 1. The van der Waals surface area contributed by atoms with E-state index in [1.165, 1.54) is 4.90 Å². The fourth-order valence-corrected chi connectivity index (χ4v) is 4.44. The molecule has 0 radical (unpaired) electrons. The molecule has 4 nitrogen and oxygen atoms in total. The van der Waals surface area contributed by atoms with Crippen LogP contribution < -0.4 is 9.64 Å². The fourth-order valence-electron chi connectivity index (χ4n) is 4.44. The quantitative estimate of drug-likeness (QED) is 0.635. The lowest BCUT2D eigenvalue weighted by Gasteiger charge is -2.17. The van der Waals surface area contributed by atoms with Gasteiger partial charge in [0.1, 0.15) is 11.5 Å². The number of amides is 2. The lowest BCUT2D eigenvalue weighted by atomic mass is 9.85. The number of imide groups is 1. The Labute approximate surface area is 145 Å². The number of benzene rings is 2. The fraction of sp³-hybridized carbons (Fsp3) is 0.238. The molecule has 2 amide bonds. The molecule has 0 N–H and O–H groups in total. The molecular formula is C21H17NO3. The molecule has 2 aromatic carbocycles. The minimum absolute atomic E-state index is 0.0522. The van der Waals surface area contributed by atoms with Crippen molar-refractivity contribution in [2.45, 2.75) is 6.42 Å². The van der Waals surface area contributed by atoms with E-state index in [1.807, 2.05) is 30.3 Å². The zero-order valence-corrected chi connectivity index (χ0v) is 13.5. The predicted molar refractivity (Wildman–Crippen MR) is 93.2 cm³/mol. The van der Waals surface area contributed by atoms with Gasteiger partial charge < -0.3 is 4.74 Å². The normalized spacial score (nSPS) is 29.4. The zero-order chi connectivity index (χ0) is 17.0. The molecular weight excluding hydrogens is 314 g/mol. The molecule has 124 valence electrons. The van der Waals surface area contributed by atoms with Gasteiger partial charge in [-0.3, -0.25) is 14.5 Å². The first-order valence-corrected chi connectivity index (χ1v) is 8.61. The van der Waals surface area contributed by atoms with Gasteiger partial charge in [0, 0.05) is 0 Å². The topological polar surface area (TPSA) is 46.6 Å². The number of carbonyl (C=O) groups is 2. The van der Waals surface area contributed by atoms with Crippen molar-refractivity contribution in [3.05, 3.63) is 66.7 Å². The molecule has 1 aliphatic heterocycles. The molecule has 1 saturated heterocycles. The molecule has 2 bridgehead atoms. The van der Waals surface area contributed by atoms with Crippen molar-refractivity contribution in [1.29, 1.82) is 0 Å². The van der Waals surface area contributed by atoms with E-state index in [9.17, 15) is 9.59 Å². The van der Waals surface area contributed by atoms with E-state index in [0.29, 0.717) is 11.4 Å². The van der Waals surface area contributed by atoms with Crippen LogP contribution in [0.5, 0.6) is 11.5 Å². The Morgan fingerprint density at radius 3 is 1.92 bits per heavy atom. The number of ether oxygens (including phenoxy) is 1. The average Bonchev–Trinajstić information content (AvgIpc) is 3.31. The summed E-state index contributed by atoms with van der Waals surface area (Å²) in [4.78, 5) is 27.0. The van der Waals surface area contributed by atoms with Crippen molar-refractivity contribution in [3.8, 4) is 11.5 Å². The van der Waals surface area contributed by atoms with E-state index in [1.54, 1.807) is 24.3 Å². The molecule has 2 aromatic rings. The molecule has 2 fully saturated rings. The third-order valence-electron chi connectivity index (χ3n) is 5.54. The van der Waals surface area contributed by atoms with Gasteiger partial charge in [0.05, 0.1) is 17.5 Å². The van der Waals surface area contributed by atoms with Gasteiger partial charge in [-0.2, -0.15) is 0 Å². The van der Waals surface area contributed by atoms with Crippen molar-refractivity contribution in [2.24, 2.45) is 23.7 Å². The summed E-state index contributed by atoms with van der Waals surface area (Å²) in [6, 6.07) is 16.7. The number of rotatable bonds is 3. The molecule has 4 heteroatoms. The Balaban J connectivity index is 1.39. The minimum Gasteiger partial charge on any atom is -0.457 e. The second-order valence-electron chi connectivity index (χ2n) is 6.92. The third-order valence-corrected chi connectivity index (χ3v) is 5.54. The molecule has 2 aliphatic carbocycles. The maximum Gasteiger partial charge on any atom is 0.238 e. The summed E-state index contributed by atoms with van der Waals surface area (Å²) in [5.41, 5.74) is 0.629. The maximum absolute atomic E-state index is 12.8. The van der Waals surface area contributed by atoms with Crippen LogP contribution in [0, 0.1) is 23.7 Å². The van der Waals surface area contributed by atoms with Gasteiger partial charge in [-0.25, -0.2) is 0 Å². The van der Waals surface area contributed by atoms with E-state index in [4.69, 9.17) is 4.74 Å². The summed E-state index contributed by atoms with van der Waals surface area (Å²) >= 11 is 0. The lowest BCUT2D eigenvalue weighted by molar-refractivity contribution is -0.123. The second-order valence-corrected chi connectivity index (χ2v) is 6.92. The Kier molecular flexibility index (Phi) is 3.07. The average molecular weight is 331 g/mol. The van der Waals surface area contributed by atoms with Gasteiger partial charge in [0.25, 0.3) is 0 Å². The number of nitrogens with zero attached hydrogens (tertiary/aromatic N) is 1. The Morgan fingerprint density at radius 2 is 1.32 bits per heavy atom. The highest BCUT2D eigenvalue weighted by Crippen LogP contribution is 2.53. The number of allylic oxidation sites excluding steroid dienone is 2. The molecule has 1 heterocycles. The molecule has 0 aromatic heterocycles. The van der Waals surface area contributed by atoms with Crippen LogP contribution in [0.1, 0.15) is 6.42 Å². The van der Waals surface area contributed by atoms with Crippen molar-refractivity contribution >= 4 is 17.5 Å². The van der Waals surface area contributed by atoms with Crippen LogP contribution in [0.25, 0.3) is 0 Å². The van der Waals surface area contributed by atoms with Crippen LogP contribution in [0.3, 0.4) is 0 Å². The van der Waals surface area contributed by atoms with E-state index < -0.39 is 0 Å². The number of para-hydroxylation sites is 1. The molecule has 25 heavy (non-hydrogen) atoms. The lowest BCUT2D eigenvalue weighted by Crippen LogP contribution is -2.32. The van der Waals surface area contributed by atoms with Gasteiger partial charge in [-0.1, -0.05) is 30.4 Å². The molecule has 5 rings (SSSR count). The first-order valence-electron chi connectivity index (χ1n) is 8.61. The summed E-state index contributed by atoms with van der Waals surface area (Å²) < 4.78 is 5.77. The monoisotopic (exact) mass is 331 g/mol. The minimum atomic E-state index is -0.164. The molecule has 3 aliphatic rings. The molecule has 1 saturated carbocycles. The maximum atomic E-state index is 12.8. The van der Waals surface area contributed by atoms with Crippen LogP contribution in [-0.4, -0.2) is 11.8 Å². The third kappa shape index (κ3) is 2.14. The number of carbonyl (C=O) groups excluding carboxylic acids is 2. The second kappa shape index (κ2) is 5.31. The smallest absolute Gasteiger partial charge is 0.238 e. The standard InChI is InChI=1S/C21H17NO3/c23-20-18-13-6-7-14(12-13)19(18)21(24)22(20)15-8-10-17(11-9-15)25-16-4-2-1-3-5-16/h1-11,13-14,18-19H,12H2/t13-,14-,18-,19-/m0/s1. The first-order chi connectivity index (χ1) is 12.2. The van der Waals surface area contributed by atoms with Gasteiger partial charge >= 0.3 is 0 Å². The molecule has 4 atom stereocenters. The molecule has 0 unspecified atom stereocenters. The van der Waals surface area contributed by atoms with Crippen LogP contribution >= 0.6 is 0 Å². The Morgan fingerprint density at radius 1 is 0.760 bits per heavy atom. The van der Waals surface area contributed by atoms with Crippen LogP contribution in [0.15, 0.2) is 66.7 Å². The van der Waals surface area contributed by atoms with Gasteiger partial charge in [-0.15, -0.1) is 0 Å². The van der Waals surface area contributed by atoms with Crippen LogP contribution in [0.4, 0.5) is 5.69 Å². The van der Waals surface area contributed by atoms with E-state index in [2.05, 4.69) is 12.2 Å². The number of hydrogen-bond donors (Lipinski definition) is 0. The van der Waals surface area contributed by atoms with Gasteiger partial charge in [0.2, 0.25) is 11.8 Å². The SMILES string of the molecule is O=C1[C@@H]2[C@@H](C(=O)N1c1ccc(Oc3ccccc3)cc1)[C@H]1C=C[C@H]2C1. The highest BCUT2D eigenvalue weighted by atomic mass is 16.5. The van der Waals surface area contributed by atoms with E-state index in [-0.39, 0.29) is 35.5 Å². The van der Waals surface area contributed by atoms with Crippen molar-refractivity contribution in [1.82, 2.24) is 0 Å². The van der Waals surface area contributed by atoms with Gasteiger partial charge in [-0.05, 0) is 54.7 Å². The number of hydrogen-bond acceptors (Lipinski definition) is 3. The zero-order valence-electron chi connectivity index (χ0n) is 13.5. The van der Waals surface area contributed by atoms with Gasteiger partial charge in [0.15, 0.2) is 0 Å². The highest BCUT2D eigenvalue weighted by Gasteiger charge is 2.59. The van der Waals surface area contributed by atoms with Crippen LogP contribution in [-0.2, 0) is 9.59 Å². The van der Waals surface area contributed by atoms with Crippen molar-refractivity contribution in [3.63, 3.8) is 0 Å².